The number of ether oxygens (including phenoxy) is 2. The minimum atomic E-state index is -2.00. The molecule has 164 valence electrons. The Morgan fingerprint density at radius 3 is 2.53 bits per heavy atom. The predicted molar refractivity (Wildman–Crippen MR) is 121 cm³/mol. The van der Waals surface area contributed by atoms with Crippen LogP contribution in [0.1, 0.15) is 27.9 Å². The Kier molecular flexibility index (Phi) is 5.91. The normalized spacial score (nSPS) is 17.2. The molecule has 1 heterocycles. The fourth-order valence-corrected chi connectivity index (χ4v) is 4.22. The van der Waals surface area contributed by atoms with Crippen LogP contribution in [0.25, 0.3) is 0 Å². The minimum absolute atomic E-state index is 0.218. The van der Waals surface area contributed by atoms with Gasteiger partial charge in [0.1, 0.15) is 11.5 Å². The standard InChI is InChI=1S/C25H22ClNO5/c1-31-18-10-11-23(32-2)19(13-18)22(28)14-25(30)20-8-3-4-9-21(20)27(24(25)29)15-16-6-5-7-17(26)12-16/h3-13,30H,14-15H2,1-2H3/t25-/m1/s1. The van der Waals surface area contributed by atoms with Gasteiger partial charge in [-0.1, -0.05) is 41.9 Å². The Hall–Kier alpha value is -3.35. The van der Waals surface area contributed by atoms with Gasteiger partial charge >= 0.3 is 0 Å². The number of Topliss-reactive ketones (excluding diaryl/α,β-unsaturated/α-hetero) is 1. The van der Waals surface area contributed by atoms with Crippen molar-refractivity contribution < 1.29 is 24.2 Å². The van der Waals surface area contributed by atoms with Gasteiger partial charge in [0.15, 0.2) is 11.4 Å². The van der Waals surface area contributed by atoms with E-state index in [1.165, 1.54) is 19.1 Å². The molecule has 0 saturated carbocycles. The molecule has 0 unspecified atom stereocenters. The van der Waals surface area contributed by atoms with Crippen molar-refractivity contribution in [2.45, 2.75) is 18.6 Å². The summed E-state index contributed by atoms with van der Waals surface area (Å²) in [5.41, 5.74) is -0.00229. The number of amides is 1. The van der Waals surface area contributed by atoms with E-state index in [0.29, 0.717) is 27.8 Å². The largest absolute Gasteiger partial charge is 0.497 e. The fourth-order valence-electron chi connectivity index (χ4n) is 4.01. The Morgan fingerprint density at radius 2 is 1.81 bits per heavy atom. The smallest absolute Gasteiger partial charge is 0.264 e. The van der Waals surface area contributed by atoms with Crippen molar-refractivity contribution in [1.29, 1.82) is 0 Å². The molecule has 1 aliphatic heterocycles. The lowest BCUT2D eigenvalue weighted by molar-refractivity contribution is -0.136. The third-order valence-electron chi connectivity index (χ3n) is 5.59. The van der Waals surface area contributed by atoms with Crippen LogP contribution in [0.15, 0.2) is 66.7 Å². The summed E-state index contributed by atoms with van der Waals surface area (Å²) in [6.45, 7) is 0.218. The van der Waals surface area contributed by atoms with Crippen LogP contribution in [0, 0.1) is 0 Å². The highest BCUT2D eigenvalue weighted by atomic mass is 35.5. The van der Waals surface area contributed by atoms with Crippen LogP contribution in [0.3, 0.4) is 0 Å². The van der Waals surface area contributed by atoms with Crippen molar-refractivity contribution in [1.82, 2.24) is 0 Å². The summed E-state index contributed by atoms with van der Waals surface area (Å²) in [6.07, 6.45) is -0.432. The summed E-state index contributed by atoms with van der Waals surface area (Å²) >= 11 is 6.09. The average molecular weight is 452 g/mol. The lowest BCUT2D eigenvalue weighted by atomic mass is 9.88. The molecule has 0 fully saturated rings. The second kappa shape index (κ2) is 8.65. The first kappa shape index (κ1) is 21.9. The van der Waals surface area contributed by atoms with Crippen LogP contribution in [-0.2, 0) is 16.9 Å². The maximum absolute atomic E-state index is 13.5. The van der Waals surface area contributed by atoms with Crippen molar-refractivity contribution in [3.05, 3.63) is 88.4 Å². The van der Waals surface area contributed by atoms with Gasteiger partial charge in [-0.25, -0.2) is 0 Å². The van der Waals surface area contributed by atoms with E-state index in [1.807, 2.05) is 6.07 Å². The Morgan fingerprint density at radius 1 is 1.03 bits per heavy atom. The van der Waals surface area contributed by atoms with Gasteiger partial charge in [0.25, 0.3) is 5.91 Å². The molecular formula is C25H22ClNO5. The molecule has 3 aromatic rings. The number of methoxy groups -OCH3 is 2. The zero-order valence-corrected chi connectivity index (χ0v) is 18.4. The molecular weight excluding hydrogens is 430 g/mol. The molecule has 1 amide bonds. The molecule has 0 bridgehead atoms. The van der Waals surface area contributed by atoms with Crippen molar-refractivity contribution >= 4 is 29.0 Å². The molecule has 1 aliphatic rings. The number of aliphatic hydroxyl groups is 1. The number of anilines is 1. The molecule has 6 nitrogen and oxygen atoms in total. The van der Waals surface area contributed by atoms with E-state index in [-0.39, 0.29) is 12.1 Å². The molecule has 7 heteroatoms. The fraction of sp³-hybridized carbons (Fsp3) is 0.200. The van der Waals surface area contributed by atoms with Crippen LogP contribution in [0.2, 0.25) is 5.02 Å². The number of carbonyl (C=O) groups excluding carboxylic acids is 2. The second-order valence-corrected chi connectivity index (χ2v) is 8.00. The number of halogens is 1. The first-order valence-corrected chi connectivity index (χ1v) is 10.4. The molecule has 0 aromatic heterocycles. The molecule has 32 heavy (non-hydrogen) atoms. The van der Waals surface area contributed by atoms with Gasteiger partial charge < -0.3 is 19.5 Å². The summed E-state index contributed by atoms with van der Waals surface area (Å²) in [4.78, 5) is 28.2. The molecule has 4 rings (SSSR count). The van der Waals surface area contributed by atoms with Crippen LogP contribution in [0.5, 0.6) is 11.5 Å². The number of hydrogen-bond donors (Lipinski definition) is 1. The zero-order chi connectivity index (χ0) is 22.9. The van der Waals surface area contributed by atoms with Gasteiger partial charge in [0.2, 0.25) is 0 Å². The maximum atomic E-state index is 13.5. The minimum Gasteiger partial charge on any atom is -0.497 e. The molecule has 0 saturated heterocycles. The third kappa shape index (κ3) is 3.83. The van der Waals surface area contributed by atoms with Crippen LogP contribution in [0.4, 0.5) is 5.69 Å². The Bertz CT molecular complexity index is 1190. The van der Waals surface area contributed by atoms with Crippen LogP contribution in [-0.4, -0.2) is 31.0 Å². The number of hydrogen-bond acceptors (Lipinski definition) is 5. The lowest BCUT2D eigenvalue weighted by Gasteiger charge is -2.23. The van der Waals surface area contributed by atoms with E-state index in [9.17, 15) is 14.7 Å². The van der Waals surface area contributed by atoms with Gasteiger partial charge in [-0.3, -0.25) is 9.59 Å². The summed E-state index contributed by atoms with van der Waals surface area (Å²) < 4.78 is 10.5. The number of benzene rings is 3. The Balaban J connectivity index is 1.70. The summed E-state index contributed by atoms with van der Waals surface area (Å²) in [7, 11) is 2.95. The number of nitrogens with zero attached hydrogens (tertiary/aromatic N) is 1. The lowest BCUT2D eigenvalue weighted by Crippen LogP contribution is -2.41. The van der Waals surface area contributed by atoms with Gasteiger partial charge in [-0.05, 0) is 42.0 Å². The third-order valence-corrected chi connectivity index (χ3v) is 5.83. The average Bonchev–Trinajstić information content (AvgIpc) is 3.00. The molecule has 1 N–H and O–H groups in total. The number of ketones is 1. The highest BCUT2D eigenvalue weighted by molar-refractivity contribution is 6.30. The zero-order valence-electron chi connectivity index (χ0n) is 17.7. The number of rotatable bonds is 7. The maximum Gasteiger partial charge on any atom is 0.264 e. The SMILES string of the molecule is COc1ccc(OC)c(C(=O)C[C@]2(O)C(=O)N(Cc3cccc(Cl)c3)c3ccccc32)c1. The predicted octanol–water partition coefficient (Wildman–Crippen LogP) is 4.36. The molecule has 3 aromatic carbocycles. The van der Waals surface area contributed by atoms with Crippen molar-refractivity contribution in [2.75, 3.05) is 19.1 Å². The summed E-state index contributed by atoms with van der Waals surface area (Å²) in [6, 6.07) is 18.9. The van der Waals surface area contributed by atoms with Gasteiger partial charge in [-0.2, -0.15) is 0 Å². The first-order chi connectivity index (χ1) is 15.4. The number of carbonyl (C=O) groups is 2. The monoisotopic (exact) mass is 451 g/mol. The van der Waals surface area contributed by atoms with Crippen molar-refractivity contribution in [3.8, 4) is 11.5 Å². The van der Waals surface area contributed by atoms with Crippen LogP contribution < -0.4 is 14.4 Å². The number of para-hydroxylation sites is 1. The van der Waals surface area contributed by atoms with E-state index in [1.54, 1.807) is 60.7 Å². The van der Waals surface area contributed by atoms with E-state index >= 15 is 0 Å². The summed E-state index contributed by atoms with van der Waals surface area (Å²) in [5, 5.41) is 12.1. The number of fused-ring (bicyclic) bond motifs is 1. The van der Waals surface area contributed by atoms with Gasteiger partial charge in [-0.15, -0.1) is 0 Å². The summed E-state index contributed by atoms with van der Waals surface area (Å²) in [5.74, 6) is -0.180. The van der Waals surface area contributed by atoms with Gasteiger partial charge in [0.05, 0.1) is 38.4 Å². The molecule has 0 aliphatic carbocycles. The van der Waals surface area contributed by atoms with Crippen molar-refractivity contribution in [3.63, 3.8) is 0 Å². The molecule has 1 atom stereocenters. The van der Waals surface area contributed by atoms with Gasteiger partial charge in [0, 0.05) is 10.6 Å². The van der Waals surface area contributed by atoms with Crippen molar-refractivity contribution in [2.24, 2.45) is 0 Å². The van der Waals surface area contributed by atoms with E-state index in [0.717, 1.165) is 5.56 Å². The van der Waals surface area contributed by atoms with E-state index in [2.05, 4.69) is 0 Å². The topological polar surface area (TPSA) is 76.1 Å². The first-order valence-electron chi connectivity index (χ1n) is 10.0. The van der Waals surface area contributed by atoms with E-state index in [4.69, 9.17) is 21.1 Å². The highest BCUT2D eigenvalue weighted by Crippen LogP contribution is 2.44. The quantitative estimate of drug-likeness (QED) is 0.540. The van der Waals surface area contributed by atoms with Crippen LogP contribution >= 0.6 is 11.6 Å². The highest BCUT2D eigenvalue weighted by Gasteiger charge is 2.51. The molecule has 0 radical (unpaired) electrons. The Labute approximate surface area is 191 Å². The van der Waals surface area contributed by atoms with E-state index < -0.39 is 23.7 Å². The molecule has 0 spiro atoms. The second-order valence-electron chi connectivity index (χ2n) is 7.56.